The summed E-state index contributed by atoms with van der Waals surface area (Å²) in [6.07, 6.45) is -0.615. The van der Waals surface area contributed by atoms with E-state index in [0.717, 1.165) is 10.1 Å². The maximum atomic E-state index is 13.5. The molecule has 0 spiro atoms. The summed E-state index contributed by atoms with van der Waals surface area (Å²) in [5.41, 5.74) is 2.45. The van der Waals surface area contributed by atoms with Gasteiger partial charge in [-0.25, -0.2) is 4.79 Å². The Morgan fingerprint density at radius 2 is 1.89 bits per heavy atom. The third kappa shape index (κ3) is 3.44. The Morgan fingerprint density at radius 3 is 2.61 bits per heavy atom. The Balaban J connectivity index is 1.92. The summed E-state index contributed by atoms with van der Waals surface area (Å²) >= 11 is 0. The number of aryl methyl sites for hydroxylation is 2. The Hall–Kier alpha value is -4.18. The van der Waals surface area contributed by atoms with Crippen molar-refractivity contribution in [2.24, 2.45) is 14.1 Å². The van der Waals surface area contributed by atoms with Crippen molar-refractivity contribution < 1.29 is 14.4 Å². The van der Waals surface area contributed by atoms with Crippen LogP contribution < -0.4 is 16.0 Å². The number of nitro groups is 1. The molecule has 36 heavy (non-hydrogen) atoms. The number of aromatic nitrogens is 3. The van der Waals surface area contributed by atoms with Crippen LogP contribution in [0.5, 0.6) is 5.75 Å². The van der Waals surface area contributed by atoms with Gasteiger partial charge in [-0.1, -0.05) is 30.3 Å². The van der Waals surface area contributed by atoms with Gasteiger partial charge in [0.2, 0.25) is 0 Å². The topological polar surface area (TPSA) is 111 Å². The lowest BCUT2D eigenvalue weighted by molar-refractivity contribution is -0.385. The summed E-state index contributed by atoms with van der Waals surface area (Å²) in [5, 5.41) is 12.0. The van der Waals surface area contributed by atoms with Gasteiger partial charge < -0.3 is 14.0 Å². The fraction of sp³-hybridized carbons (Fsp3) is 0.308. The number of fused-ring (bicyclic) bond motifs is 3. The minimum Gasteiger partial charge on any atom is -0.493 e. The summed E-state index contributed by atoms with van der Waals surface area (Å²) < 4.78 is 16.6. The first kappa shape index (κ1) is 23.6. The van der Waals surface area contributed by atoms with E-state index in [0.29, 0.717) is 58.9 Å². The second-order valence-corrected chi connectivity index (χ2v) is 8.79. The van der Waals surface area contributed by atoms with Gasteiger partial charge in [0.05, 0.1) is 40.4 Å². The number of para-hydroxylation sites is 1. The van der Waals surface area contributed by atoms with Gasteiger partial charge >= 0.3 is 5.69 Å². The van der Waals surface area contributed by atoms with Gasteiger partial charge in [-0.3, -0.25) is 24.0 Å². The molecule has 10 heteroatoms. The summed E-state index contributed by atoms with van der Waals surface area (Å²) in [5.74, 6) is 0.647. The van der Waals surface area contributed by atoms with Crippen LogP contribution in [0.3, 0.4) is 0 Å². The smallest absolute Gasteiger partial charge is 0.331 e. The molecule has 1 unspecified atom stereocenters. The second kappa shape index (κ2) is 8.80. The molecule has 1 atom stereocenters. The molecule has 0 saturated heterocycles. The Labute approximate surface area is 206 Å². The average molecular weight is 491 g/mol. The van der Waals surface area contributed by atoms with E-state index in [4.69, 9.17) is 9.47 Å². The van der Waals surface area contributed by atoms with Crippen LogP contribution in [0.25, 0.3) is 22.2 Å². The zero-order valence-electron chi connectivity index (χ0n) is 20.5. The first-order valence-corrected chi connectivity index (χ1v) is 11.7. The quantitative estimate of drug-likeness (QED) is 0.313. The molecular weight excluding hydrogens is 464 g/mol. The summed E-state index contributed by atoms with van der Waals surface area (Å²) in [7, 11) is 3.05. The highest BCUT2D eigenvalue weighted by atomic mass is 16.6. The number of nitrogens with zero attached hydrogens (tertiary/aromatic N) is 4. The molecule has 0 aliphatic carbocycles. The van der Waals surface area contributed by atoms with Gasteiger partial charge in [-0.15, -0.1) is 0 Å². The van der Waals surface area contributed by atoms with Gasteiger partial charge in [-0.2, -0.15) is 0 Å². The number of rotatable bonds is 5. The highest BCUT2D eigenvalue weighted by Gasteiger charge is 2.34. The predicted molar refractivity (Wildman–Crippen MR) is 135 cm³/mol. The lowest BCUT2D eigenvalue weighted by Gasteiger charge is -2.28. The largest absolute Gasteiger partial charge is 0.493 e. The highest BCUT2D eigenvalue weighted by Crippen LogP contribution is 2.43. The number of hydrogen-bond donors (Lipinski definition) is 0. The molecule has 0 radical (unpaired) electrons. The fourth-order valence-electron chi connectivity index (χ4n) is 5.05. The molecule has 1 aliphatic heterocycles. The minimum absolute atomic E-state index is 0.0388. The van der Waals surface area contributed by atoms with E-state index < -0.39 is 22.3 Å². The zero-order chi connectivity index (χ0) is 25.7. The average Bonchev–Trinajstić information content (AvgIpc) is 3.22. The van der Waals surface area contributed by atoms with Gasteiger partial charge in [0, 0.05) is 43.4 Å². The number of benzene rings is 2. The number of nitro benzene ring substituents is 1. The molecule has 0 saturated carbocycles. The molecule has 3 heterocycles. The van der Waals surface area contributed by atoms with Crippen molar-refractivity contribution >= 4 is 16.6 Å². The van der Waals surface area contributed by atoms with Crippen LogP contribution in [0.1, 0.15) is 29.8 Å². The van der Waals surface area contributed by atoms with Crippen molar-refractivity contribution in [1.82, 2.24) is 13.7 Å². The van der Waals surface area contributed by atoms with Gasteiger partial charge in [-0.05, 0) is 19.9 Å². The molecule has 10 nitrogen and oxygen atoms in total. The maximum absolute atomic E-state index is 13.5. The van der Waals surface area contributed by atoms with Crippen LogP contribution in [0.4, 0.5) is 5.69 Å². The predicted octanol–water partition coefficient (Wildman–Crippen LogP) is 3.44. The molecule has 0 bridgehead atoms. The van der Waals surface area contributed by atoms with Gasteiger partial charge in [0.25, 0.3) is 11.2 Å². The van der Waals surface area contributed by atoms with E-state index in [-0.39, 0.29) is 5.69 Å². The van der Waals surface area contributed by atoms with E-state index in [1.807, 2.05) is 35.8 Å². The van der Waals surface area contributed by atoms with Crippen LogP contribution in [-0.4, -0.2) is 31.8 Å². The lowest BCUT2D eigenvalue weighted by atomic mass is 10.0. The molecule has 0 amide bonds. The van der Waals surface area contributed by atoms with E-state index in [9.17, 15) is 19.7 Å². The van der Waals surface area contributed by atoms with E-state index in [1.165, 1.54) is 17.7 Å². The van der Waals surface area contributed by atoms with Crippen molar-refractivity contribution in [3.05, 3.63) is 90.2 Å². The monoisotopic (exact) mass is 490 g/mol. The molecular formula is C26H26N4O6. The normalized spacial score (nSPS) is 15.2. The number of hydrogen-bond acceptors (Lipinski definition) is 6. The fourth-order valence-corrected chi connectivity index (χ4v) is 5.05. The number of ether oxygens (including phenoxy) is 2. The summed E-state index contributed by atoms with van der Waals surface area (Å²) in [6.45, 7) is 4.78. The molecule has 1 aliphatic rings. The van der Waals surface area contributed by atoms with E-state index in [1.54, 1.807) is 26.1 Å². The Bertz CT molecular complexity index is 1650. The summed E-state index contributed by atoms with van der Waals surface area (Å²) in [4.78, 5) is 37.8. The lowest BCUT2D eigenvalue weighted by Crippen LogP contribution is -2.37. The van der Waals surface area contributed by atoms with Crippen molar-refractivity contribution in [3.8, 4) is 17.0 Å². The molecule has 4 aromatic rings. The van der Waals surface area contributed by atoms with Crippen LogP contribution in [0.15, 0.2) is 52.1 Å². The summed E-state index contributed by atoms with van der Waals surface area (Å²) in [6, 6.07) is 12.4. The van der Waals surface area contributed by atoms with Crippen LogP contribution in [0.2, 0.25) is 0 Å². The molecule has 0 fully saturated rings. The Kier molecular flexibility index (Phi) is 5.76. The first-order chi connectivity index (χ1) is 17.3. The molecule has 186 valence electrons. The molecule has 2 aromatic carbocycles. The van der Waals surface area contributed by atoms with Crippen molar-refractivity contribution in [2.45, 2.75) is 26.5 Å². The van der Waals surface area contributed by atoms with Crippen LogP contribution >= 0.6 is 0 Å². The molecule has 5 rings (SSSR count). The van der Waals surface area contributed by atoms with Crippen molar-refractivity contribution in [2.75, 3.05) is 13.2 Å². The molecule has 2 aromatic heterocycles. The van der Waals surface area contributed by atoms with Gasteiger partial charge in [0.1, 0.15) is 11.9 Å². The Morgan fingerprint density at radius 1 is 1.14 bits per heavy atom. The highest BCUT2D eigenvalue weighted by molar-refractivity contribution is 5.97. The third-order valence-corrected chi connectivity index (χ3v) is 6.73. The maximum Gasteiger partial charge on any atom is 0.331 e. The van der Waals surface area contributed by atoms with E-state index >= 15 is 0 Å². The standard InChI is InChI=1S/C26H26N4O6/c1-5-35-19-9-7-6-8-17(19)24-23-22-20(25(31)28(4)26(32)27(22)3)21(29(23)12-13-36-24)16-11-10-15(2)18(14-16)30(33)34/h6-11,14,24H,5,12-13H2,1-4H3. The van der Waals surface area contributed by atoms with Crippen molar-refractivity contribution in [3.63, 3.8) is 0 Å². The van der Waals surface area contributed by atoms with Crippen LogP contribution in [-0.2, 0) is 25.4 Å². The van der Waals surface area contributed by atoms with Crippen LogP contribution in [0, 0.1) is 17.0 Å². The SMILES string of the molecule is CCOc1ccccc1C1OCCn2c(-c3ccc(C)c([N+](=O)[O-])c3)c3c(=O)n(C)c(=O)n(C)c3c21. The zero-order valence-corrected chi connectivity index (χ0v) is 20.5. The minimum atomic E-state index is -0.615. The van der Waals surface area contributed by atoms with Gasteiger partial charge in [0.15, 0.2) is 0 Å². The first-order valence-electron chi connectivity index (χ1n) is 11.7. The molecule has 0 N–H and O–H groups in total. The van der Waals surface area contributed by atoms with E-state index in [2.05, 4.69) is 0 Å². The third-order valence-electron chi connectivity index (χ3n) is 6.73. The second-order valence-electron chi connectivity index (χ2n) is 8.79. The van der Waals surface area contributed by atoms with Crippen molar-refractivity contribution in [1.29, 1.82) is 0 Å².